The maximum atomic E-state index is 13.1. The molecule has 0 spiro atoms. The van der Waals surface area contributed by atoms with Crippen molar-refractivity contribution in [3.63, 3.8) is 0 Å². The highest BCUT2D eigenvalue weighted by molar-refractivity contribution is 5.59. The number of halogens is 1. The van der Waals surface area contributed by atoms with Gasteiger partial charge in [-0.3, -0.25) is 0 Å². The summed E-state index contributed by atoms with van der Waals surface area (Å²) in [6, 6.07) is 4.21. The highest BCUT2D eigenvalue weighted by atomic mass is 19.1. The molecule has 4 nitrogen and oxygen atoms in total. The first-order chi connectivity index (χ1) is 8.97. The largest absolute Gasteiger partial charge is 0.337 e. The van der Waals surface area contributed by atoms with Gasteiger partial charge in [0.25, 0.3) is 0 Å². The monoisotopic (exact) mass is 263 g/mol. The van der Waals surface area contributed by atoms with Gasteiger partial charge in [-0.25, -0.2) is 4.39 Å². The Morgan fingerprint density at radius 1 is 1.37 bits per heavy atom. The van der Waals surface area contributed by atoms with E-state index in [0.29, 0.717) is 17.6 Å². The minimum atomic E-state index is -0.276. The van der Waals surface area contributed by atoms with E-state index in [1.165, 1.54) is 12.1 Å². The van der Waals surface area contributed by atoms with Gasteiger partial charge in [-0.15, -0.1) is 0 Å². The van der Waals surface area contributed by atoms with E-state index in [9.17, 15) is 4.39 Å². The summed E-state index contributed by atoms with van der Waals surface area (Å²) in [6.45, 7) is 5.98. The zero-order valence-electron chi connectivity index (χ0n) is 11.4. The first kappa shape index (κ1) is 13.7. The maximum Gasteiger partial charge on any atom is 0.243 e. The molecule has 0 bridgehead atoms. The number of hydrogen-bond donors (Lipinski definition) is 1. The zero-order chi connectivity index (χ0) is 14.0. The number of nitrogens with two attached hydrogens (primary N) is 1. The summed E-state index contributed by atoms with van der Waals surface area (Å²) in [4.78, 5) is 4.30. The van der Waals surface area contributed by atoms with Gasteiger partial charge in [0.1, 0.15) is 5.82 Å². The number of aryl methyl sites for hydroxylation is 1. The van der Waals surface area contributed by atoms with E-state index in [-0.39, 0.29) is 11.9 Å². The van der Waals surface area contributed by atoms with Crippen LogP contribution in [-0.4, -0.2) is 10.1 Å². The van der Waals surface area contributed by atoms with E-state index < -0.39 is 0 Å². The Morgan fingerprint density at radius 2 is 2.11 bits per heavy atom. The van der Waals surface area contributed by atoms with Crippen molar-refractivity contribution in [2.24, 2.45) is 11.7 Å². The summed E-state index contributed by atoms with van der Waals surface area (Å²) in [5, 5.41) is 3.92. The van der Waals surface area contributed by atoms with Crippen molar-refractivity contribution in [3.8, 4) is 11.4 Å². The number of benzene rings is 1. The Hall–Kier alpha value is -1.75. The van der Waals surface area contributed by atoms with Crippen LogP contribution < -0.4 is 5.73 Å². The lowest BCUT2D eigenvalue weighted by Crippen LogP contribution is -2.13. The molecule has 0 aliphatic rings. The van der Waals surface area contributed by atoms with Crippen molar-refractivity contribution < 1.29 is 8.91 Å². The van der Waals surface area contributed by atoms with E-state index in [4.69, 9.17) is 10.3 Å². The summed E-state index contributed by atoms with van der Waals surface area (Å²) in [6.07, 6.45) is 0.782. The molecule has 102 valence electrons. The Balaban J connectivity index is 2.25. The third-order valence-electron chi connectivity index (χ3n) is 2.91. The molecule has 0 amide bonds. The highest BCUT2D eigenvalue weighted by Gasteiger charge is 2.17. The average molecular weight is 263 g/mol. The van der Waals surface area contributed by atoms with Gasteiger partial charge in [0, 0.05) is 5.56 Å². The molecule has 1 aromatic carbocycles. The van der Waals surface area contributed by atoms with Gasteiger partial charge in [0.05, 0.1) is 6.04 Å². The van der Waals surface area contributed by atoms with Crippen LogP contribution in [0.4, 0.5) is 4.39 Å². The first-order valence-corrected chi connectivity index (χ1v) is 6.33. The van der Waals surface area contributed by atoms with Gasteiger partial charge in [-0.1, -0.05) is 19.0 Å². The van der Waals surface area contributed by atoms with Crippen LogP contribution in [0.5, 0.6) is 0 Å². The molecule has 2 N–H and O–H groups in total. The summed E-state index contributed by atoms with van der Waals surface area (Å²) >= 11 is 0. The van der Waals surface area contributed by atoms with Crippen LogP contribution in [0.1, 0.15) is 37.8 Å². The highest BCUT2D eigenvalue weighted by Crippen LogP contribution is 2.24. The third kappa shape index (κ3) is 3.17. The second-order valence-electron chi connectivity index (χ2n) is 5.15. The second kappa shape index (κ2) is 5.48. The predicted molar refractivity (Wildman–Crippen MR) is 70.8 cm³/mol. The molecule has 0 fully saturated rings. The summed E-state index contributed by atoms with van der Waals surface area (Å²) in [5.74, 6) is 1.05. The SMILES string of the molecule is Cc1cc(F)ccc1-c1noc([C@H](N)CC(C)C)n1. The molecule has 5 heteroatoms. The van der Waals surface area contributed by atoms with Gasteiger partial charge in [0.2, 0.25) is 11.7 Å². The average Bonchev–Trinajstić information content (AvgIpc) is 2.77. The van der Waals surface area contributed by atoms with Crippen LogP contribution >= 0.6 is 0 Å². The van der Waals surface area contributed by atoms with Gasteiger partial charge < -0.3 is 10.3 Å². The Morgan fingerprint density at radius 3 is 2.74 bits per heavy atom. The summed E-state index contributed by atoms with van der Waals surface area (Å²) < 4.78 is 18.2. The van der Waals surface area contributed by atoms with E-state index in [1.807, 2.05) is 6.92 Å². The van der Waals surface area contributed by atoms with Gasteiger partial charge >= 0.3 is 0 Å². The third-order valence-corrected chi connectivity index (χ3v) is 2.91. The molecule has 1 heterocycles. The summed E-state index contributed by atoms with van der Waals surface area (Å²) in [5.41, 5.74) is 7.52. The lowest BCUT2D eigenvalue weighted by Gasteiger charge is -2.08. The van der Waals surface area contributed by atoms with Gasteiger partial charge in [-0.05, 0) is 43.0 Å². The second-order valence-corrected chi connectivity index (χ2v) is 5.15. The first-order valence-electron chi connectivity index (χ1n) is 6.33. The van der Waals surface area contributed by atoms with Crippen LogP contribution in [0.25, 0.3) is 11.4 Å². The predicted octanol–water partition coefficient (Wildman–Crippen LogP) is 3.23. The topological polar surface area (TPSA) is 64.9 Å². The molecule has 0 aliphatic heterocycles. The minimum Gasteiger partial charge on any atom is -0.337 e. The van der Waals surface area contributed by atoms with Crippen molar-refractivity contribution in [1.29, 1.82) is 0 Å². The number of aromatic nitrogens is 2. The normalized spacial score (nSPS) is 12.9. The standard InChI is InChI=1S/C14H18FN3O/c1-8(2)6-12(16)14-17-13(18-19-14)11-5-4-10(15)7-9(11)3/h4-5,7-8,12H,6,16H2,1-3H3/t12-/m1/s1. The molecule has 0 aliphatic carbocycles. The van der Waals surface area contributed by atoms with Crippen LogP contribution in [-0.2, 0) is 0 Å². The van der Waals surface area contributed by atoms with E-state index in [1.54, 1.807) is 6.07 Å². The molecular formula is C14H18FN3O. The fraction of sp³-hybridized carbons (Fsp3) is 0.429. The van der Waals surface area contributed by atoms with Crippen molar-refractivity contribution in [2.75, 3.05) is 0 Å². The molecule has 1 aromatic heterocycles. The number of nitrogens with zero attached hydrogens (tertiary/aromatic N) is 2. The molecule has 0 saturated carbocycles. The summed E-state index contributed by atoms with van der Waals surface area (Å²) in [7, 11) is 0. The van der Waals surface area contributed by atoms with E-state index >= 15 is 0 Å². The van der Waals surface area contributed by atoms with Crippen LogP contribution in [0.2, 0.25) is 0 Å². The van der Waals surface area contributed by atoms with Crippen LogP contribution in [0.15, 0.2) is 22.7 Å². The quantitative estimate of drug-likeness (QED) is 0.919. The van der Waals surface area contributed by atoms with Gasteiger partial charge in [0.15, 0.2) is 0 Å². The lowest BCUT2D eigenvalue weighted by molar-refractivity contribution is 0.335. The van der Waals surface area contributed by atoms with Crippen molar-refractivity contribution in [2.45, 2.75) is 33.2 Å². The van der Waals surface area contributed by atoms with Crippen LogP contribution in [0.3, 0.4) is 0 Å². The molecule has 1 atom stereocenters. The fourth-order valence-electron chi connectivity index (χ4n) is 1.98. The van der Waals surface area contributed by atoms with Crippen molar-refractivity contribution in [3.05, 3.63) is 35.5 Å². The molecular weight excluding hydrogens is 245 g/mol. The number of rotatable bonds is 4. The minimum absolute atomic E-state index is 0.262. The molecule has 19 heavy (non-hydrogen) atoms. The Bertz CT molecular complexity index is 566. The fourth-order valence-corrected chi connectivity index (χ4v) is 1.98. The van der Waals surface area contributed by atoms with Gasteiger partial charge in [-0.2, -0.15) is 4.98 Å². The molecule has 0 radical (unpaired) electrons. The van der Waals surface area contributed by atoms with E-state index in [0.717, 1.165) is 17.5 Å². The van der Waals surface area contributed by atoms with Crippen molar-refractivity contribution >= 4 is 0 Å². The van der Waals surface area contributed by atoms with Crippen molar-refractivity contribution in [1.82, 2.24) is 10.1 Å². The van der Waals surface area contributed by atoms with E-state index in [2.05, 4.69) is 24.0 Å². The maximum absolute atomic E-state index is 13.1. The number of hydrogen-bond acceptors (Lipinski definition) is 4. The Labute approximate surface area is 111 Å². The molecule has 0 saturated heterocycles. The zero-order valence-corrected chi connectivity index (χ0v) is 11.4. The molecule has 2 rings (SSSR count). The molecule has 2 aromatic rings. The smallest absolute Gasteiger partial charge is 0.243 e. The van der Waals surface area contributed by atoms with Crippen LogP contribution in [0, 0.1) is 18.7 Å². The Kier molecular flexibility index (Phi) is 3.95. The lowest BCUT2D eigenvalue weighted by atomic mass is 10.0. The molecule has 0 unspecified atom stereocenters.